The Labute approximate surface area is 177 Å². The molecule has 0 radical (unpaired) electrons. The summed E-state index contributed by atoms with van der Waals surface area (Å²) >= 11 is 2.89. The molecule has 0 bridgehead atoms. The van der Waals surface area contributed by atoms with Gasteiger partial charge in [0.05, 0.1) is 17.4 Å². The largest absolute Gasteiger partial charge is 0.451 e. The van der Waals surface area contributed by atoms with Crippen LogP contribution in [0.2, 0.25) is 0 Å². The first-order chi connectivity index (χ1) is 14.4. The number of anilines is 1. The minimum atomic E-state index is -1.09. The summed E-state index contributed by atoms with van der Waals surface area (Å²) in [5.41, 5.74) is 1.06. The summed E-state index contributed by atoms with van der Waals surface area (Å²) in [5.74, 6) is -1.15. The quantitative estimate of drug-likeness (QED) is 0.454. The fourth-order valence-electron chi connectivity index (χ4n) is 2.77. The van der Waals surface area contributed by atoms with Crippen LogP contribution in [-0.2, 0) is 20.9 Å². The number of carbonyl (C=O) groups excluding carboxylic acids is 2. The monoisotopic (exact) mass is 444 g/mol. The summed E-state index contributed by atoms with van der Waals surface area (Å²) in [4.78, 5) is 43.2. The molecule has 4 aromatic rings. The van der Waals surface area contributed by atoms with E-state index in [4.69, 9.17) is 9.26 Å². The molecule has 9 nitrogen and oxygen atoms in total. The Morgan fingerprint density at radius 2 is 2.20 bits per heavy atom. The van der Waals surface area contributed by atoms with Crippen LogP contribution < -0.4 is 10.9 Å². The average molecular weight is 444 g/mol. The Hall–Kier alpha value is -3.31. The summed E-state index contributed by atoms with van der Waals surface area (Å²) in [6.07, 6.45) is 0.223. The molecule has 1 amide bonds. The van der Waals surface area contributed by atoms with Crippen molar-refractivity contribution in [1.82, 2.24) is 14.7 Å². The van der Waals surface area contributed by atoms with Gasteiger partial charge in [0.25, 0.3) is 11.5 Å². The number of esters is 1. The van der Waals surface area contributed by atoms with Gasteiger partial charge in [-0.05, 0) is 25.3 Å². The van der Waals surface area contributed by atoms with Gasteiger partial charge in [-0.3, -0.25) is 24.3 Å². The Morgan fingerprint density at radius 3 is 2.90 bits per heavy atom. The van der Waals surface area contributed by atoms with Crippen LogP contribution in [0.1, 0.15) is 12.6 Å². The number of ether oxygens (including phenoxy) is 1. The van der Waals surface area contributed by atoms with Gasteiger partial charge in [0, 0.05) is 21.9 Å². The smallest absolute Gasteiger partial charge is 0.326 e. The number of amides is 1. The maximum absolute atomic E-state index is 12.9. The molecular weight excluding hydrogens is 428 g/mol. The summed E-state index contributed by atoms with van der Waals surface area (Å²) in [5, 5.41) is 10.4. The number of nitrogens with one attached hydrogen (secondary N) is 1. The predicted octanol–water partition coefficient (Wildman–Crippen LogP) is 3.05. The van der Waals surface area contributed by atoms with Crippen LogP contribution in [-0.4, -0.2) is 32.7 Å². The van der Waals surface area contributed by atoms with E-state index in [0.29, 0.717) is 15.9 Å². The third kappa shape index (κ3) is 4.02. The van der Waals surface area contributed by atoms with E-state index in [2.05, 4.69) is 15.5 Å². The van der Waals surface area contributed by atoms with E-state index >= 15 is 0 Å². The molecule has 0 fully saturated rings. The molecule has 4 rings (SSSR count). The molecule has 11 heteroatoms. The van der Waals surface area contributed by atoms with Crippen molar-refractivity contribution in [2.75, 3.05) is 5.32 Å². The number of hydrogen-bond donors (Lipinski definition) is 1. The van der Waals surface area contributed by atoms with Gasteiger partial charge in [0.1, 0.15) is 11.4 Å². The Balaban J connectivity index is 1.48. The molecule has 1 atom stereocenters. The van der Waals surface area contributed by atoms with Crippen LogP contribution in [0, 0.1) is 6.92 Å². The van der Waals surface area contributed by atoms with Crippen LogP contribution in [0.15, 0.2) is 44.6 Å². The normalized spacial score (nSPS) is 12.1. The number of carbonyl (C=O) groups is 2. The van der Waals surface area contributed by atoms with E-state index in [9.17, 15) is 14.4 Å². The number of aryl methyl sites for hydroxylation is 1. The minimum Gasteiger partial charge on any atom is -0.451 e. The summed E-state index contributed by atoms with van der Waals surface area (Å²) in [6, 6.07) is 5.37. The molecule has 0 saturated heterocycles. The Kier molecular flexibility index (Phi) is 5.46. The standard InChI is InChI=1S/C19H16N4O5S2/c1-10-6-14(28-22-10)21-17(25)11(2)27-15(24)7-23-9-20-18-16(19(23)26)12(8-30-18)13-4-3-5-29-13/h3-6,8-9,11H,7H2,1-2H3,(H,21,25). The van der Waals surface area contributed by atoms with Crippen molar-refractivity contribution in [3.05, 3.63) is 51.3 Å². The molecule has 1 unspecified atom stereocenters. The van der Waals surface area contributed by atoms with Crippen LogP contribution in [0.4, 0.5) is 5.88 Å². The summed E-state index contributed by atoms with van der Waals surface area (Å²) in [6.45, 7) is 2.78. The van der Waals surface area contributed by atoms with Crippen molar-refractivity contribution >= 4 is 50.7 Å². The Morgan fingerprint density at radius 1 is 1.37 bits per heavy atom. The molecule has 154 valence electrons. The van der Waals surface area contributed by atoms with E-state index in [1.807, 2.05) is 22.9 Å². The highest BCUT2D eigenvalue weighted by Gasteiger charge is 2.21. The number of thiophene rings is 2. The van der Waals surface area contributed by atoms with Crippen molar-refractivity contribution in [3.63, 3.8) is 0 Å². The highest BCUT2D eigenvalue weighted by atomic mass is 32.1. The summed E-state index contributed by atoms with van der Waals surface area (Å²) in [7, 11) is 0. The molecule has 0 aromatic carbocycles. The first-order valence-corrected chi connectivity index (χ1v) is 10.6. The third-order valence-corrected chi connectivity index (χ3v) is 5.99. The number of nitrogens with zero attached hydrogens (tertiary/aromatic N) is 3. The van der Waals surface area contributed by atoms with E-state index in [0.717, 1.165) is 10.4 Å². The number of fused-ring (bicyclic) bond motifs is 1. The SMILES string of the molecule is Cc1cc(NC(=O)C(C)OC(=O)Cn2cnc3scc(-c4cccs4)c3c2=O)on1. The second kappa shape index (κ2) is 8.20. The molecule has 0 aliphatic rings. The van der Waals surface area contributed by atoms with Gasteiger partial charge < -0.3 is 9.26 Å². The molecule has 0 saturated carbocycles. The number of hydrogen-bond acceptors (Lipinski definition) is 9. The van der Waals surface area contributed by atoms with E-state index < -0.39 is 18.0 Å². The number of aromatic nitrogens is 3. The molecule has 4 aromatic heterocycles. The van der Waals surface area contributed by atoms with Crippen molar-refractivity contribution in [2.45, 2.75) is 26.5 Å². The second-order valence-corrected chi connectivity index (χ2v) is 8.24. The van der Waals surface area contributed by atoms with Gasteiger partial charge in [0.2, 0.25) is 5.88 Å². The highest BCUT2D eigenvalue weighted by Crippen LogP contribution is 2.33. The van der Waals surface area contributed by atoms with Crippen LogP contribution in [0.3, 0.4) is 0 Å². The fraction of sp³-hybridized carbons (Fsp3) is 0.211. The van der Waals surface area contributed by atoms with Crippen LogP contribution in [0.25, 0.3) is 20.7 Å². The zero-order chi connectivity index (χ0) is 21.3. The highest BCUT2D eigenvalue weighted by molar-refractivity contribution is 7.18. The van der Waals surface area contributed by atoms with Gasteiger partial charge in [-0.15, -0.1) is 22.7 Å². The van der Waals surface area contributed by atoms with E-state index in [-0.39, 0.29) is 18.0 Å². The number of rotatable bonds is 6. The predicted molar refractivity (Wildman–Crippen MR) is 113 cm³/mol. The van der Waals surface area contributed by atoms with Crippen molar-refractivity contribution in [1.29, 1.82) is 0 Å². The van der Waals surface area contributed by atoms with Gasteiger partial charge in [0.15, 0.2) is 6.10 Å². The maximum atomic E-state index is 12.9. The zero-order valence-electron chi connectivity index (χ0n) is 15.9. The maximum Gasteiger partial charge on any atom is 0.326 e. The van der Waals surface area contributed by atoms with Gasteiger partial charge in [-0.2, -0.15) is 0 Å². The molecule has 0 aliphatic carbocycles. The molecule has 0 aliphatic heterocycles. The van der Waals surface area contributed by atoms with E-state index in [1.165, 1.54) is 40.5 Å². The molecule has 1 N–H and O–H groups in total. The van der Waals surface area contributed by atoms with Crippen LogP contribution in [0.5, 0.6) is 0 Å². The van der Waals surface area contributed by atoms with Gasteiger partial charge >= 0.3 is 5.97 Å². The zero-order valence-corrected chi connectivity index (χ0v) is 17.6. The molecule has 0 spiro atoms. The lowest BCUT2D eigenvalue weighted by molar-refractivity contribution is -0.153. The minimum absolute atomic E-state index is 0.157. The van der Waals surface area contributed by atoms with Gasteiger partial charge in [-0.1, -0.05) is 11.2 Å². The third-order valence-electron chi connectivity index (χ3n) is 4.20. The fourth-order valence-corrected chi connectivity index (χ4v) is 4.49. The average Bonchev–Trinajstić information content (AvgIpc) is 3.44. The lowest BCUT2D eigenvalue weighted by atomic mass is 10.2. The first-order valence-electron chi connectivity index (χ1n) is 8.86. The van der Waals surface area contributed by atoms with Crippen molar-refractivity contribution in [2.24, 2.45) is 0 Å². The van der Waals surface area contributed by atoms with Crippen molar-refractivity contribution in [3.8, 4) is 10.4 Å². The lowest BCUT2D eigenvalue weighted by Gasteiger charge is -2.12. The van der Waals surface area contributed by atoms with E-state index in [1.54, 1.807) is 13.0 Å². The molecule has 30 heavy (non-hydrogen) atoms. The Bertz CT molecular complexity index is 1270. The summed E-state index contributed by atoms with van der Waals surface area (Å²) < 4.78 is 11.2. The van der Waals surface area contributed by atoms with Crippen LogP contribution >= 0.6 is 22.7 Å². The lowest BCUT2D eigenvalue weighted by Crippen LogP contribution is -2.33. The molecule has 4 heterocycles. The topological polar surface area (TPSA) is 116 Å². The first kappa shape index (κ1) is 20.0. The van der Waals surface area contributed by atoms with Gasteiger partial charge in [-0.25, -0.2) is 4.98 Å². The van der Waals surface area contributed by atoms with Crippen molar-refractivity contribution < 1.29 is 18.8 Å². The molecular formula is C19H16N4O5S2. The second-order valence-electron chi connectivity index (χ2n) is 6.44.